The molecule has 0 bridgehead atoms. The molecular weight excluding hydrogens is 418 g/mol. The van der Waals surface area contributed by atoms with Crippen molar-refractivity contribution in [3.05, 3.63) is 35.9 Å². The molecule has 0 saturated heterocycles. The molecule has 0 aliphatic carbocycles. The van der Waals surface area contributed by atoms with Gasteiger partial charge in [0.2, 0.25) is 5.91 Å². The maximum Gasteiger partial charge on any atom is 0.328 e. The molecule has 1 aromatic carbocycles. The lowest BCUT2D eigenvalue weighted by Gasteiger charge is -2.33. The van der Waals surface area contributed by atoms with Crippen molar-refractivity contribution < 1.29 is 19.1 Å². The zero-order valence-electron chi connectivity index (χ0n) is 21.3. The summed E-state index contributed by atoms with van der Waals surface area (Å²) in [5, 5.41) is 2.81. The highest BCUT2D eigenvalue weighted by Crippen LogP contribution is 2.33. The van der Waals surface area contributed by atoms with Crippen LogP contribution in [0.1, 0.15) is 66.4 Å². The molecule has 0 aliphatic rings. The summed E-state index contributed by atoms with van der Waals surface area (Å²) in [7, 11) is 1.14. The summed E-state index contributed by atoms with van der Waals surface area (Å²) in [4.78, 5) is 36.0. The van der Waals surface area contributed by atoms with Crippen molar-refractivity contribution in [1.29, 1.82) is 0 Å². The summed E-state index contributed by atoms with van der Waals surface area (Å²) >= 11 is 0. The first kappa shape index (κ1) is 30.0. The molecule has 2 unspecified atom stereocenters. The molecule has 0 saturated carbocycles. The van der Waals surface area contributed by atoms with Crippen LogP contribution in [0.15, 0.2) is 30.3 Å². The minimum atomic E-state index is -0.838. The fourth-order valence-electron chi connectivity index (χ4n) is 3.68. The Morgan fingerprint density at radius 2 is 1.66 bits per heavy atom. The van der Waals surface area contributed by atoms with Gasteiger partial charge in [0.15, 0.2) is 0 Å². The average molecular weight is 464 g/mol. The van der Waals surface area contributed by atoms with Gasteiger partial charge in [-0.25, -0.2) is 4.79 Å². The molecule has 0 aliphatic heterocycles. The van der Waals surface area contributed by atoms with E-state index in [2.05, 4.69) is 26.1 Å². The van der Waals surface area contributed by atoms with E-state index < -0.39 is 17.4 Å². The second kappa shape index (κ2) is 16.6. The monoisotopic (exact) mass is 463 g/mol. The number of amides is 1. The normalized spacial score (nSPS) is 14.4. The Kier molecular flexibility index (Phi) is 15.6. The fraction of sp³-hybridized carbons (Fsp3) is 0.654. The number of carbonyl (C=O) groups is 3. The van der Waals surface area contributed by atoms with Crippen molar-refractivity contribution in [2.75, 3.05) is 7.11 Å². The molecule has 32 heavy (non-hydrogen) atoms. The smallest absolute Gasteiger partial charge is 0.328 e. The lowest BCUT2D eigenvalue weighted by molar-refractivity contribution is -0.147. The van der Waals surface area contributed by atoms with E-state index in [1.165, 1.54) is 25.2 Å². The molecule has 1 rings (SSSR count). The Morgan fingerprint density at radius 3 is 2.06 bits per heavy atom. The van der Waals surface area contributed by atoms with Gasteiger partial charge in [0.25, 0.3) is 0 Å². The van der Waals surface area contributed by atoms with Crippen LogP contribution in [0, 0.1) is 11.3 Å². The molecule has 0 radical (unpaired) electrons. The van der Waals surface area contributed by atoms with E-state index in [0.717, 1.165) is 18.3 Å². The summed E-state index contributed by atoms with van der Waals surface area (Å²) in [6.07, 6.45) is 2.75. The second-order valence-electron chi connectivity index (χ2n) is 8.76. The van der Waals surface area contributed by atoms with Crippen LogP contribution in [-0.4, -0.2) is 40.1 Å². The van der Waals surface area contributed by atoms with Crippen LogP contribution in [0.2, 0.25) is 18.1 Å². The number of aryl methyl sites for hydroxylation is 1. The molecule has 1 N–H and O–H groups in total. The first-order valence-electron chi connectivity index (χ1n) is 12.1. The highest BCUT2D eigenvalue weighted by molar-refractivity contribution is 6.58. The predicted octanol–water partition coefficient (Wildman–Crippen LogP) is 5.19. The molecule has 1 amide bonds. The molecule has 0 heterocycles. The van der Waals surface area contributed by atoms with Gasteiger partial charge < -0.3 is 14.8 Å². The van der Waals surface area contributed by atoms with Gasteiger partial charge in [0.05, 0.1) is 12.5 Å². The quantitative estimate of drug-likeness (QED) is 0.248. The van der Waals surface area contributed by atoms with Crippen molar-refractivity contribution >= 4 is 27.0 Å². The van der Waals surface area contributed by atoms with Crippen molar-refractivity contribution in [3.63, 3.8) is 0 Å². The number of hydrogen-bond acceptors (Lipinski definition) is 4. The summed E-state index contributed by atoms with van der Waals surface area (Å²) in [6.45, 7) is 12.7. The van der Waals surface area contributed by atoms with Gasteiger partial charge in [-0.15, -0.1) is 0 Å². The molecule has 0 aromatic heterocycles. The second-order valence-corrected chi connectivity index (χ2v) is 12.9. The molecule has 6 heteroatoms. The topological polar surface area (TPSA) is 72.5 Å². The molecule has 0 spiro atoms. The standard InChI is InChI=1S/C20H29NO4.C6H16Si/c1-5-15(2)20(3,13-14-22)19(24)21-17(18(23)25-4)12-11-16-9-7-6-8-10-16;1-4-7(5-2)6-3/h6-10,14-15,17H,5,11-13H2,1-4H3,(H,21,24);7H,4-6H2,1-3H3/t15?,17?,20-;/m1./s1. The highest BCUT2D eigenvalue weighted by Gasteiger charge is 2.39. The Labute approximate surface area is 197 Å². The largest absolute Gasteiger partial charge is 0.467 e. The van der Waals surface area contributed by atoms with Crippen LogP contribution in [0.25, 0.3) is 0 Å². The van der Waals surface area contributed by atoms with Gasteiger partial charge in [0.1, 0.15) is 12.3 Å². The highest BCUT2D eigenvalue weighted by atomic mass is 28.3. The minimum absolute atomic E-state index is 0.0186. The summed E-state index contributed by atoms with van der Waals surface area (Å²) in [5.41, 5.74) is 0.249. The number of carbonyl (C=O) groups excluding carboxylic acids is 3. The van der Waals surface area contributed by atoms with E-state index in [1.54, 1.807) is 6.92 Å². The van der Waals surface area contributed by atoms with E-state index in [4.69, 9.17) is 4.74 Å². The number of hydrogen-bond donors (Lipinski definition) is 1. The lowest BCUT2D eigenvalue weighted by atomic mass is 9.73. The van der Waals surface area contributed by atoms with Crippen molar-refractivity contribution in [2.24, 2.45) is 11.3 Å². The minimum Gasteiger partial charge on any atom is -0.467 e. The molecule has 1 aromatic rings. The predicted molar refractivity (Wildman–Crippen MR) is 136 cm³/mol. The third kappa shape index (κ3) is 10.1. The van der Waals surface area contributed by atoms with Gasteiger partial charge in [-0.2, -0.15) is 0 Å². The summed E-state index contributed by atoms with van der Waals surface area (Å²) in [5.74, 6) is -0.732. The first-order valence-corrected chi connectivity index (χ1v) is 14.5. The zero-order chi connectivity index (χ0) is 24.6. The maximum atomic E-state index is 12.8. The van der Waals surface area contributed by atoms with Crippen LogP contribution < -0.4 is 5.32 Å². The van der Waals surface area contributed by atoms with E-state index in [0.29, 0.717) is 12.8 Å². The summed E-state index contributed by atoms with van der Waals surface area (Å²) in [6, 6.07) is 13.5. The first-order chi connectivity index (χ1) is 15.2. The molecule has 3 atom stereocenters. The van der Waals surface area contributed by atoms with Crippen LogP contribution in [0.4, 0.5) is 0 Å². The van der Waals surface area contributed by atoms with Gasteiger partial charge in [-0.05, 0) is 24.3 Å². The number of nitrogens with one attached hydrogen (secondary N) is 1. The van der Waals surface area contributed by atoms with E-state index >= 15 is 0 Å². The molecule has 5 nitrogen and oxygen atoms in total. The van der Waals surface area contributed by atoms with E-state index in [9.17, 15) is 14.4 Å². The number of methoxy groups -OCH3 is 1. The van der Waals surface area contributed by atoms with E-state index in [1.807, 2.05) is 44.2 Å². The van der Waals surface area contributed by atoms with Gasteiger partial charge >= 0.3 is 5.97 Å². The fourth-order valence-corrected chi connectivity index (χ4v) is 5.41. The maximum absolute atomic E-state index is 12.8. The average Bonchev–Trinajstić information content (AvgIpc) is 2.82. The van der Waals surface area contributed by atoms with E-state index in [-0.39, 0.29) is 27.0 Å². The number of aldehydes is 1. The summed E-state index contributed by atoms with van der Waals surface area (Å²) < 4.78 is 4.84. The Bertz CT molecular complexity index is 658. The third-order valence-corrected chi connectivity index (χ3v) is 10.3. The van der Waals surface area contributed by atoms with Crippen LogP contribution >= 0.6 is 0 Å². The molecular formula is C26H45NO4Si. The molecule has 0 fully saturated rings. The SMILES string of the molecule is CCC(C)[C@@](C)(CC=O)C(=O)NC(CCc1ccccc1)C(=O)OC.CC[SiH](CC)CC. The number of esters is 1. The Hall–Kier alpha value is -1.95. The number of rotatable bonds is 13. The van der Waals surface area contributed by atoms with Gasteiger partial charge in [0, 0.05) is 15.2 Å². The van der Waals surface area contributed by atoms with Crippen LogP contribution in [-0.2, 0) is 25.5 Å². The van der Waals surface area contributed by atoms with Crippen molar-refractivity contribution in [1.82, 2.24) is 5.32 Å². The van der Waals surface area contributed by atoms with Crippen LogP contribution in [0.3, 0.4) is 0 Å². The molecule has 182 valence electrons. The van der Waals surface area contributed by atoms with Crippen molar-refractivity contribution in [2.45, 2.75) is 91.4 Å². The van der Waals surface area contributed by atoms with Gasteiger partial charge in [-0.3, -0.25) is 4.79 Å². The van der Waals surface area contributed by atoms with Crippen molar-refractivity contribution in [3.8, 4) is 0 Å². The Balaban J connectivity index is 0.00000118. The lowest BCUT2D eigenvalue weighted by Crippen LogP contribution is -2.50. The zero-order valence-corrected chi connectivity index (χ0v) is 22.4. The van der Waals surface area contributed by atoms with Crippen LogP contribution in [0.5, 0.6) is 0 Å². The number of benzene rings is 1. The van der Waals surface area contributed by atoms with Gasteiger partial charge in [-0.1, -0.05) is 96.4 Å². The number of ether oxygens (including phenoxy) is 1. The third-order valence-electron chi connectivity index (χ3n) is 6.81. The Morgan fingerprint density at radius 1 is 1.09 bits per heavy atom.